The van der Waals surface area contributed by atoms with E-state index in [4.69, 9.17) is 5.11 Å². The normalized spacial score (nSPS) is 17.2. The third kappa shape index (κ3) is 2.60. The van der Waals surface area contributed by atoms with E-state index in [0.29, 0.717) is 25.2 Å². The van der Waals surface area contributed by atoms with Crippen molar-refractivity contribution < 1.29 is 19.8 Å². The molecular weight excluding hydrogens is 236 g/mol. The molecule has 18 heavy (non-hydrogen) atoms. The molecule has 1 atom stereocenters. The van der Waals surface area contributed by atoms with Gasteiger partial charge >= 0.3 is 5.97 Å². The van der Waals surface area contributed by atoms with Crippen molar-refractivity contribution >= 4 is 17.6 Å². The van der Waals surface area contributed by atoms with Crippen LogP contribution >= 0.6 is 0 Å². The number of nitrogens with zero attached hydrogens (tertiary/aromatic N) is 1. The number of benzene rings is 1. The molecule has 1 aliphatic heterocycles. The first kappa shape index (κ1) is 12.4. The number of amides is 1. The Bertz CT molecular complexity index is 458. The van der Waals surface area contributed by atoms with Crippen molar-refractivity contribution in [1.82, 2.24) is 5.32 Å². The third-order valence-corrected chi connectivity index (χ3v) is 2.85. The second-order valence-electron chi connectivity index (χ2n) is 4.10. The van der Waals surface area contributed by atoms with E-state index in [-0.39, 0.29) is 5.91 Å². The number of piperazine rings is 1. The Morgan fingerprint density at radius 1 is 1.33 bits per heavy atom. The maximum absolute atomic E-state index is 11.2. The standard InChI is InChI=1S/C12H14N2O4/c15-10-7-14(6-5-13-10)9-3-1-8(2-4-9)11(16)12(17)18/h1-4,11,16H,5-7H2,(H,13,15)(H,17,18). The lowest BCUT2D eigenvalue weighted by atomic mass is 10.1. The van der Waals surface area contributed by atoms with Crippen LogP contribution in [-0.2, 0) is 9.59 Å². The van der Waals surface area contributed by atoms with Crippen molar-refractivity contribution in [2.45, 2.75) is 6.10 Å². The van der Waals surface area contributed by atoms with Gasteiger partial charge in [0.1, 0.15) is 0 Å². The van der Waals surface area contributed by atoms with Crippen molar-refractivity contribution in [3.63, 3.8) is 0 Å². The average Bonchev–Trinajstić information content (AvgIpc) is 2.38. The number of carboxylic acid groups (broad SMARTS) is 1. The molecule has 0 radical (unpaired) electrons. The lowest BCUT2D eigenvalue weighted by Crippen LogP contribution is -2.47. The summed E-state index contributed by atoms with van der Waals surface area (Å²) in [5.41, 5.74) is 1.17. The number of carboxylic acids is 1. The van der Waals surface area contributed by atoms with Gasteiger partial charge in [0.2, 0.25) is 5.91 Å². The molecule has 1 aliphatic rings. The number of rotatable bonds is 3. The molecule has 3 N–H and O–H groups in total. The number of hydrogen-bond acceptors (Lipinski definition) is 4. The molecule has 6 nitrogen and oxygen atoms in total. The van der Waals surface area contributed by atoms with Gasteiger partial charge in [-0.2, -0.15) is 0 Å². The summed E-state index contributed by atoms with van der Waals surface area (Å²) in [6.07, 6.45) is -1.51. The van der Waals surface area contributed by atoms with Crippen LogP contribution in [-0.4, -0.2) is 41.7 Å². The average molecular weight is 250 g/mol. The first-order valence-corrected chi connectivity index (χ1v) is 5.60. The predicted molar refractivity (Wildman–Crippen MR) is 64.3 cm³/mol. The largest absolute Gasteiger partial charge is 0.479 e. The molecule has 0 spiro atoms. The fourth-order valence-electron chi connectivity index (χ4n) is 1.87. The Kier molecular flexibility index (Phi) is 3.47. The molecule has 0 saturated carbocycles. The molecule has 1 aromatic carbocycles. The van der Waals surface area contributed by atoms with Gasteiger partial charge in [-0.25, -0.2) is 4.79 Å². The van der Waals surface area contributed by atoms with Gasteiger partial charge in [0.05, 0.1) is 6.54 Å². The molecule has 0 aliphatic carbocycles. The number of carbonyl (C=O) groups is 2. The second kappa shape index (κ2) is 5.05. The van der Waals surface area contributed by atoms with Crippen molar-refractivity contribution in [2.75, 3.05) is 24.5 Å². The zero-order valence-electron chi connectivity index (χ0n) is 9.67. The minimum Gasteiger partial charge on any atom is -0.479 e. The molecule has 0 bridgehead atoms. The highest BCUT2D eigenvalue weighted by Gasteiger charge is 2.18. The molecule has 96 valence electrons. The summed E-state index contributed by atoms with van der Waals surface area (Å²) in [5, 5.41) is 20.8. The predicted octanol–water partition coefficient (Wildman–Crippen LogP) is -0.259. The summed E-state index contributed by atoms with van der Waals surface area (Å²) in [6, 6.07) is 6.53. The maximum Gasteiger partial charge on any atom is 0.337 e. The molecule has 1 aromatic rings. The van der Waals surface area contributed by atoms with E-state index >= 15 is 0 Å². The summed E-state index contributed by atoms with van der Waals surface area (Å²) >= 11 is 0. The molecule has 6 heteroatoms. The Morgan fingerprint density at radius 2 is 2.00 bits per heavy atom. The summed E-state index contributed by atoms with van der Waals surface area (Å²) in [5.74, 6) is -1.31. The van der Waals surface area contributed by atoms with Crippen molar-refractivity contribution in [3.05, 3.63) is 29.8 Å². The highest BCUT2D eigenvalue weighted by molar-refractivity contribution is 5.82. The van der Waals surface area contributed by atoms with Crippen LogP contribution in [0.1, 0.15) is 11.7 Å². The number of carbonyl (C=O) groups excluding carboxylic acids is 1. The minimum atomic E-state index is -1.51. The SMILES string of the molecule is O=C1CN(c2ccc(C(O)C(=O)O)cc2)CCN1. The smallest absolute Gasteiger partial charge is 0.337 e. The summed E-state index contributed by atoms with van der Waals surface area (Å²) < 4.78 is 0. The number of aliphatic hydroxyl groups excluding tert-OH is 1. The first-order chi connectivity index (χ1) is 8.58. The van der Waals surface area contributed by atoms with Crippen LogP contribution < -0.4 is 10.2 Å². The van der Waals surface area contributed by atoms with Gasteiger partial charge in [-0.3, -0.25) is 4.79 Å². The second-order valence-corrected chi connectivity index (χ2v) is 4.10. The van der Waals surface area contributed by atoms with Crippen molar-refractivity contribution in [1.29, 1.82) is 0 Å². The topological polar surface area (TPSA) is 89.9 Å². The zero-order valence-corrected chi connectivity index (χ0v) is 9.67. The van der Waals surface area contributed by atoms with Gasteiger partial charge in [0, 0.05) is 18.8 Å². The van der Waals surface area contributed by atoms with E-state index in [2.05, 4.69) is 5.32 Å². The molecule has 2 rings (SSSR count). The Labute approximate surface area is 104 Å². The van der Waals surface area contributed by atoms with Crippen LogP contribution in [0.25, 0.3) is 0 Å². The van der Waals surface area contributed by atoms with Crippen LogP contribution in [0.5, 0.6) is 0 Å². The van der Waals surface area contributed by atoms with Crippen LogP contribution in [0.15, 0.2) is 24.3 Å². The number of aliphatic hydroxyl groups is 1. The lowest BCUT2D eigenvalue weighted by Gasteiger charge is -2.28. The van der Waals surface area contributed by atoms with Gasteiger partial charge in [-0.05, 0) is 17.7 Å². The van der Waals surface area contributed by atoms with Crippen molar-refractivity contribution in [2.24, 2.45) is 0 Å². The van der Waals surface area contributed by atoms with E-state index in [0.717, 1.165) is 5.69 Å². The highest BCUT2D eigenvalue weighted by Crippen LogP contribution is 2.19. The fraction of sp³-hybridized carbons (Fsp3) is 0.333. The monoisotopic (exact) mass is 250 g/mol. The molecule has 1 amide bonds. The quantitative estimate of drug-likeness (QED) is 0.687. The molecule has 1 fully saturated rings. The Balaban J connectivity index is 2.12. The van der Waals surface area contributed by atoms with E-state index in [1.54, 1.807) is 24.3 Å². The molecular formula is C12H14N2O4. The van der Waals surface area contributed by atoms with E-state index in [1.165, 1.54) is 0 Å². The van der Waals surface area contributed by atoms with Gasteiger partial charge in [0.25, 0.3) is 0 Å². The Hall–Kier alpha value is -2.08. The van der Waals surface area contributed by atoms with Crippen LogP contribution in [0.3, 0.4) is 0 Å². The number of nitrogens with one attached hydrogen (secondary N) is 1. The minimum absolute atomic E-state index is 0.0316. The third-order valence-electron chi connectivity index (χ3n) is 2.85. The molecule has 1 saturated heterocycles. The van der Waals surface area contributed by atoms with Crippen LogP contribution in [0, 0.1) is 0 Å². The number of anilines is 1. The maximum atomic E-state index is 11.2. The lowest BCUT2D eigenvalue weighted by molar-refractivity contribution is -0.146. The van der Waals surface area contributed by atoms with Crippen molar-refractivity contribution in [3.8, 4) is 0 Å². The molecule has 0 aromatic heterocycles. The summed E-state index contributed by atoms with van der Waals surface area (Å²) in [6.45, 7) is 1.60. The van der Waals surface area contributed by atoms with Gasteiger partial charge < -0.3 is 20.4 Å². The fourth-order valence-corrected chi connectivity index (χ4v) is 1.87. The highest BCUT2D eigenvalue weighted by atomic mass is 16.4. The van der Waals surface area contributed by atoms with E-state index in [9.17, 15) is 14.7 Å². The van der Waals surface area contributed by atoms with Crippen LogP contribution in [0.4, 0.5) is 5.69 Å². The van der Waals surface area contributed by atoms with Crippen LogP contribution in [0.2, 0.25) is 0 Å². The van der Waals surface area contributed by atoms with Gasteiger partial charge in [-0.1, -0.05) is 12.1 Å². The molecule has 1 heterocycles. The number of aliphatic carboxylic acids is 1. The van der Waals surface area contributed by atoms with E-state index < -0.39 is 12.1 Å². The van der Waals surface area contributed by atoms with Gasteiger partial charge in [-0.15, -0.1) is 0 Å². The molecule has 1 unspecified atom stereocenters. The number of hydrogen-bond donors (Lipinski definition) is 3. The van der Waals surface area contributed by atoms with E-state index in [1.807, 2.05) is 4.90 Å². The zero-order chi connectivity index (χ0) is 13.1. The summed E-state index contributed by atoms with van der Waals surface area (Å²) in [7, 11) is 0. The summed E-state index contributed by atoms with van der Waals surface area (Å²) in [4.78, 5) is 23.8. The Morgan fingerprint density at radius 3 is 2.56 bits per heavy atom. The van der Waals surface area contributed by atoms with Gasteiger partial charge in [0.15, 0.2) is 6.10 Å². The first-order valence-electron chi connectivity index (χ1n) is 5.60.